The van der Waals surface area contributed by atoms with Gasteiger partial charge in [-0.15, -0.1) is 0 Å². The molecular formula is C25H35ClF2N6O3S. The van der Waals surface area contributed by atoms with Gasteiger partial charge in [0, 0.05) is 19.1 Å². The third kappa shape index (κ3) is 7.22. The number of hydrogen-bond donors (Lipinski definition) is 3. The van der Waals surface area contributed by atoms with E-state index in [1.54, 1.807) is 7.11 Å². The van der Waals surface area contributed by atoms with E-state index < -0.39 is 29.4 Å². The average molecular weight is 573 g/mol. The summed E-state index contributed by atoms with van der Waals surface area (Å²) in [6.45, 7) is -0.290. The molecule has 0 saturated heterocycles. The highest BCUT2D eigenvalue weighted by molar-refractivity contribution is 7.89. The maximum atomic E-state index is 13.3. The molecule has 4 N–H and O–H groups in total. The van der Waals surface area contributed by atoms with Gasteiger partial charge in [0.2, 0.25) is 16.0 Å². The molecule has 9 nitrogen and oxygen atoms in total. The summed E-state index contributed by atoms with van der Waals surface area (Å²) in [6.07, 6.45) is 6.24. The minimum absolute atomic E-state index is 0.0976. The molecule has 0 unspecified atom stereocenters. The lowest BCUT2D eigenvalue weighted by atomic mass is 9.86. The fourth-order valence-electron chi connectivity index (χ4n) is 5.36. The first-order valence-electron chi connectivity index (χ1n) is 12.8. The summed E-state index contributed by atoms with van der Waals surface area (Å²) in [7, 11) is -2.04. The second-order valence-electron chi connectivity index (χ2n) is 9.96. The molecule has 1 saturated carbocycles. The Morgan fingerprint density at radius 3 is 2.53 bits per heavy atom. The number of aromatic nitrogens is 2. The lowest BCUT2D eigenvalue weighted by Crippen LogP contribution is -2.40. The Hall–Kier alpha value is -2.28. The van der Waals surface area contributed by atoms with Gasteiger partial charge in [-0.25, -0.2) is 27.3 Å². The normalized spacial score (nSPS) is 20.6. The van der Waals surface area contributed by atoms with Crippen LogP contribution in [-0.4, -0.2) is 74.7 Å². The molecule has 13 heteroatoms. The number of hydrogen-bond acceptors (Lipinski definition) is 8. The number of alkyl halides is 2. The molecule has 1 fully saturated rings. The van der Waals surface area contributed by atoms with Crippen LogP contribution in [0.3, 0.4) is 0 Å². The molecule has 2 aromatic rings. The topological polar surface area (TPSA) is 122 Å². The average Bonchev–Trinajstić information content (AvgIpc) is 3.09. The summed E-state index contributed by atoms with van der Waals surface area (Å²) in [5.74, 6) is 1.06. The molecule has 1 aliphatic heterocycles. The number of halogens is 3. The Balaban J connectivity index is 1.53. The largest absolute Gasteiger partial charge is 0.495 e. The molecule has 4 rings (SSSR count). The van der Waals surface area contributed by atoms with Gasteiger partial charge in [-0.05, 0) is 54.9 Å². The van der Waals surface area contributed by atoms with Gasteiger partial charge in [-0.1, -0.05) is 24.4 Å². The molecule has 0 amide bonds. The van der Waals surface area contributed by atoms with Crippen LogP contribution in [0.5, 0.6) is 5.75 Å². The number of methoxy groups -OCH3 is 1. The Morgan fingerprint density at radius 2 is 1.87 bits per heavy atom. The molecule has 210 valence electrons. The van der Waals surface area contributed by atoms with Crippen molar-refractivity contribution in [1.82, 2.24) is 14.9 Å². The second kappa shape index (κ2) is 12.7. The van der Waals surface area contributed by atoms with Crippen molar-refractivity contribution in [3.8, 4) is 5.75 Å². The number of nitrogens with two attached hydrogens (primary N) is 1. The maximum absolute atomic E-state index is 13.3. The summed E-state index contributed by atoms with van der Waals surface area (Å²) in [5.41, 5.74) is 2.79. The maximum Gasteiger partial charge on any atom is 0.229 e. The van der Waals surface area contributed by atoms with E-state index in [0.29, 0.717) is 54.2 Å². The first kappa shape index (κ1) is 28.7. The van der Waals surface area contributed by atoms with Crippen LogP contribution in [-0.2, 0) is 22.9 Å². The summed E-state index contributed by atoms with van der Waals surface area (Å²) in [4.78, 5) is 10.7. The van der Waals surface area contributed by atoms with Crippen molar-refractivity contribution in [2.75, 3.05) is 49.9 Å². The zero-order valence-corrected chi connectivity index (χ0v) is 23.0. The van der Waals surface area contributed by atoms with Crippen LogP contribution in [0.4, 0.5) is 26.2 Å². The van der Waals surface area contributed by atoms with Crippen molar-refractivity contribution in [1.29, 1.82) is 0 Å². The van der Waals surface area contributed by atoms with Gasteiger partial charge in [-0.2, -0.15) is 4.98 Å². The van der Waals surface area contributed by atoms with E-state index in [9.17, 15) is 17.2 Å². The molecule has 2 aliphatic rings. The van der Waals surface area contributed by atoms with Gasteiger partial charge in [-0.3, -0.25) is 4.90 Å². The minimum Gasteiger partial charge on any atom is -0.495 e. The molecule has 1 aromatic carbocycles. The van der Waals surface area contributed by atoms with Crippen LogP contribution in [0.2, 0.25) is 5.02 Å². The fourth-order valence-corrected chi connectivity index (χ4v) is 6.50. The first-order valence-corrected chi connectivity index (χ1v) is 14.9. The lowest BCUT2D eigenvalue weighted by molar-refractivity contribution is 0.144. The van der Waals surface area contributed by atoms with E-state index in [1.165, 1.54) is 6.20 Å². The van der Waals surface area contributed by atoms with Crippen molar-refractivity contribution < 1.29 is 21.9 Å². The van der Waals surface area contributed by atoms with Crippen LogP contribution >= 0.6 is 11.6 Å². The molecule has 0 spiro atoms. The van der Waals surface area contributed by atoms with Crippen LogP contribution in [0.1, 0.15) is 36.8 Å². The molecule has 1 aliphatic carbocycles. The SMILES string of the molecule is COc1cc2c(cc1Nc1ncc(Cl)c(N[C@@H]3CCCC[C@H]3CS(N)(=O)=O)n1)CCN(C(CF)CF)CC2. The quantitative estimate of drug-likeness (QED) is 0.392. The molecule has 0 radical (unpaired) electrons. The summed E-state index contributed by atoms with van der Waals surface area (Å²) >= 11 is 6.39. The third-order valence-corrected chi connectivity index (χ3v) is 8.57. The number of nitrogens with one attached hydrogen (secondary N) is 2. The van der Waals surface area contributed by atoms with Gasteiger partial charge in [0.15, 0.2) is 5.82 Å². The molecular weight excluding hydrogens is 538 g/mol. The molecule has 0 bridgehead atoms. The van der Waals surface area contributed by atoms with E-state index in [-0.39, 0.29) is 17.7 Å². The van der Waals surface area contributed by atoms with E-state index in [4.69, 9.17) is 21.5 Å². The third-order valence-electron chi connectivity index (χ3n) is 7.40. The summed E-state index contributed by atoms with van der Waals surface area (Å²) < 4.78 is 55.6. The highest BCUT2D eigenvalue weighted by atomic mass is 35.5. The van der Waals surface area contributed by atoms with Crippen LogP contribution in [0.25, 0.3) is 0 Å². The first-order chi connectivity index (χ1) is 18.2. The number of nitrogens with zero attached hydrogens (tertiary/aromatic N) is 3. The summed E-state index contributed by atoms with van der Waals surface area (Å²) in [5, 5.41) is 12.2. The predicted octanol–water partition coefficient (Wildman–Crippen LogP) is 3.85. The number of ether oxygens (including phenoxy) is 1. The van der Waals surface area contributed by atoms with Crippen LogP contribution in [0.15, 0.2) is 18.3 Å². The second-order valence-corrected chi connectivity index (χ2v) is 12.0. The van der Waals surface area contributed by atoms with Crippen molar-refractivity contribution >= 4 is 39.1 Å². The summed E-state index contributed by atoms with van der Waals surface area (Å²) in [6, 6.07) is 3.05. The Kier molecular flexibility index (Phi) is 9.61. The van der Waals surface area contributed by atoms with E-state index in [0.717, 1.165) is 36.8 Å². The number of rotatable bonds is 10. The van der Waals surface area contributed by atoms with Gasteiger partial charge in [0.05, 0.1) is 30.8 Å². The van der Waals surface area contributed by atoms with Crippen molar-refractivity contribution in [3.05, 3.63) is 34.5 Å². The van der Waals surface area contributed by atoms with E-state index in [2.05, 4.69) is 20.6 Å². The van der Waals surface area contributed by atoms with Gasteiger partial charge in [0.1, 0.15) is 24.1 Å². The predicted molar refractivity (Wildman–Crippen MR) is 145 cm³/mol. The highest BCUT2D eigenvalue weighted by Crippen LogP contribution is 2.34. The van der Waals surface area contributed by atoms with Gasteiger partial charge >= 0.3 is 0 Å². The smallest absolute Gasteiger partial charge is 0.229 e. The van der Waals surface area contributed by atoms with Gasteiger partial charge < -0.3 is 15.4 Å². The Bertz CT molecular complexity index is 1220. The fraction of sp³-hybridized carbons (Fsp3) is 0.600. The number of benzene rings is 1. The molecule has 1 aromatic heterocycles. The molecule has 2 heterocycles. The van der Waals surface area contributed by atoms with Crippen LogP contribution < -0.4 is 20.5 Å². The van der Waals surface area contributed by atoms with Crippen molar-refractivity contribution in [2.24, 2.45) is 11.1 Å². The molecule has 38 heavy (non-hydrogen) atoms. The van der Waals surface area contributed by atoms with E-state index in [1.807, 2.05) is 17.0 Å². The Labute approximate surface area is 227 Å². The van der Waals surface area contributed by atoms with Crippen molar-refractivity contribution in [3.63, 3.8) is 0 Å². The number of anilines is 3. The Morgan fingerprint density at radius 1 is 1.18 bits per heavy atom. The van der Waals surface area contributed by atoms with E-state index >= 15 is 0 Å². The zero-order valence-electron chi connectivity index (χ0n) is 21.4. The van der Waals surface area contributed by atoms with Crippen molar-refractivity contribution in [2.45, 2.75) is 50.6 Å². The highest BCUT2D eigenvalue weighted by Gasteiger charge is 2.29. The zero-order chi connectivity index (χ0) is 27.3. The number of fused-ring (bicyclic) bond motifs is 1. The van der Waals surface area contributed by atoms with Crippen LogP contribution in [0, 0.1) is 5.92 Å². The lowest BCUT2D eigenvalue weighted by Gasteiger charge is -2.32. The molecule has 2 atom stereocenters. The monoisotopic (exact) mass is 572 g/mol. The van der Waals surface area contributed by atoms with Gasteiger partial charge in [0.25, 0.3) is 0 Å². The minimum atomic E-state index is -3.61. The standard InChI is InChI=1S/C25H35ClF2N6O3S/c1-37-23-11-17-7-9-34(19(12-27)13-28)8-6-16(17)10-22(23)32-25-30-14-20(26)24(33-25)31-21-5-3-2-4-18(21)15-38(29,35)36/h10-11,14,18-19,21H,2-9,12-13,15H2,1H3,(H2,29,35,36)(H2,30,31,32,33)/t18-,21+/m0/s1. The number of primary sulfonamides is 1. The number of sulfonamides is 1.